The number of nitrogens with zero attached hydrogens (tertiary/aromatic N) is 3. The maximum absolute atomic E-state index is 12.3. The van der Waals surface area contributed by atoms with Gasteiger partial charge in [-0.05, 0) is 24.6 Å². The minimum absolute atomic E-state index is 0.137. The van der Waals surface area contributed by atoms with E-state index < -0.39 is 0 Å². The van der Waals surface area contributed by atoms with Crippen molar-refractivity contribution in [3.05, 3.63) is 71.7 Å². The van der Waals surface area contributed by atoms with Crippen LogP contribution in [0.1, 0.15) is 21.7 Å². The molecule has 0 bridgehead atoms. The second-order valence-corrected chi connectivity index (χ2v) is 5.27. The van der Waals surface area contributed by atoms with Gasteiger partial charge in [0, 0.05) is 19.3 Å². The third-order valence-corrected chi connectivity index (χ3v) is 3.50. The number of nitrogens with one attached hydrogen (secondary N) is 1. The molecule has 1 amide bonds. The molecule has 0 spiro atoms. The lowest BCUT2D eigenvalue weighted by molar-refractivity contribution is 0.101. The van der Waals surface area contributed by atoms with Crippen LogP contribution in [-0.2, 0) is 13.6 Å². The van der Waals surface area contributed by atoms with Gasteiger partial charge in [0.05, 0.1) is 12.2 Å². The van der Waals surface area contributed by atoms with Crippen LogP contribution >= 0.6 is 0 Å². The maximum atomic E-state index is 12.3. The van der Waals surface area contributed by atoms with Gasteiger partial charge in [0.25, 0.3) is 5.91 Å². The Bertz CT molecular complexity index is 786. The second kappa shape index (κ2) is 5.89. The van der Waals surface area contributed by atoms with Crippen molar-refractivity contribution in [2.24, 2.45) is 7.05 Å². The summed E-state index contributed by atoms with van der Waals surface area (Å²) in [5.41, 5.74) is 2.63. The van der Waals surface area contributed by atoms with Crippen LogP contribution in [0.4, 0.5) is 5.82 Å². The van der Waals surface area contributed by atoms with Crippen molar-refractivity contribution in [2.75, 3.05) is 5.32 Å². The highest BCUT2D eigenvalue weighted by Gasteiger charge is 2.13. The van der Waals surface area contributed by atoms with Crippen molar-refractivity contribution in [2.45, 2.75) is 13.5 Å². The minimum atomic E-state index is -0.137. The number of aromatic nitrogens is 3. The van der Waals surface area contributed by atoms with E-state index in [9.17, 15) is 4.79 Å². The Kier molecular flexibility index (Phi) is 3.78. The molecule has 0 aliphatic heterocycles. The molecule has 0 radical (unpaired) electrons. The molecule has 0 fully saturated rings. The number of anilines is 1. The van der Waals surface area contributed by atoms with Crippen LogP contribution in [-0.4, -0.2) is 20.3 Å². The van der Waals surface area contributed by atoms with Crippen molar-refractivity contribution in [1.82, 2.24) is 14.3 Å². The van der Waals surface area contributed by atoms with Gasteiger partial charge in [0.2, 0.25) is 0 Å². The van der Waals surface area contributed by atoms with Crippen LogP contribution in [0.2, 0.25) is 0 Å². The van der Waals surface area contributed by atoms with Crippen LogP contribution in [0.15, 0.2) is 54.7 Å². The third-order valence-electron chi connectivity index (χ3n) is 3.50. The first-order valence-corrected chi connectivity index (χ1v) is 7.14. The van der Waals surface area contributed by atoms with Gasteiger partial charge in [-0.15, -0.1) is 0 Å². The Morgan fingerprint density at radius 1 is 1.18 bits per heavy atom. The van der Waals surface area contributed by atoms with E-state index in [1.165, 1.54) is 0 Å². The van der Waals surface area contributed by atoms with Gasteiger partial charge in [0.1, 0.15) is 11.5 Å². The molecule has 0 unspecified atom stereocenters. The zero-order valence-corrected chi connectivity index (χ0v) is 12.7. The lowest BCUT2D eigenvalue weighted by atomic mass is 10.2. The number of carbonyl (C=O) groups excluding carboxylic acids is 1. The van der Waals surface area contributed by atoms with Crippen LogP contribution in [0.25, 0.3) is 0 Å². The lowest BCUT2D eigenvalue weighted by Crippen LogP contribution is -2.18. The summed E-state index contributed by atoms with van der Waals surface area (Å²) in [7, 11) is 1.85. The normalized spacial score (nSPS) is 10.6. The van der Waals surface area contributed by atoms with Crippen LogP contribution in [0.5, 0.6) is 0 Å². The van der Waals surface area contributed by atoms with Crippen molar-refractivity contribution in [1.29, 1.82) is 0 Å². The monoisotopic (exact) mass is 294 g/mol. The van der Waals surface area contributed by atoms with Gasteiger partial charge in [-0.3, -0.25) is 4.79 Å². The zero-order chi connectivity index (χ0) is 15.5. The molecule has 0 saturated heterocycles. The largest absolute Gasteiger partial charge is 0.347 e. The highest BCUT2D eigenvalue weighted by atomic mass is 16.2. The number of amides is 1. The summed E-state index contributed by atoms with van der Waals surface area (Å²) < 4.78 is 3.60. The van der Waals surface area contributed by atoms with E-state index in [0.29, 0.717) is 18.1 Å². The molecule has 5 heteroatoms. The molecular weight excluding hydrogens is 276 g/mol. The van der Waals surface area contributed by atoms with Crippen molar-refractivity contribution in [3.8, 4) is 0 Å². The molecule has 5 nitrogen and oxygen atoms in total. The molecule has 1 aromatic carbocycles. The van der Waals surface area contributed by atoms with Gasteiger partial charge in [-0.2, -0.15) is 5.10 Å². The summed E-state index contributed by atoms with van der Waals surface area (Å²) in [6, 6.07) is 15.6. The smallest absolute Gasteiger partial charge is 0.273 e. The molecule has 0 saturated carbocycles. The maximum Gasteiger partial charge on any atom is 0.273 e. The number of carbonyl (C=O) groups is 1. The Balaban J connectivity index is 1.82. The summed E-state index contributed by atoms with van der Waals surface area (Å²) in [5.74, 6) is 0.564. The fraction of sp³-hybridized carbons (Fsp3) is 0.176. The van der Waals surface area contributed by atoms with E-state index in [1.807, 2.05) is 67.3 Å². The predicted molar refractivity (Wildman–Crippen MR) is 85.9 cm³/mol. The van der Waals surface area contributed by atoms with E-state index in [0.717, 1.165) is 11.3 Å². The average Bonchev–Trinajstić information content (AvgIpc) is 3.06. The molecule has 0 aliphatic rings. The standard InChI is InChI=1S/C17H18N4O/c1-13-11-16(18-17(22)15-9-6-10-20(15)2)21(19-13)12-14-7-4-3-5-8-14/h3-11H,12H2,1-2H3,(H,18,22). The lowest BCUT2D eigenvalue weighted by Gasteiger charge is -2.09. The first kappa shape index (κ1) is 14.1. The van der Waals surface area contributed by atoms with E-state index in [4.69, 9.17) is 0 Å². The summed E-state index contributed by atoms with van der Waals surface area (Å²) in [6.45, 7) is 2.54. The van der Waals surface area contributed by atoms with Crippen molar-refractivity contribution < 1.29 is 4.79 Å². The second-order valence-electron chi connectivity index (χ2n) is 5.27. The molecular formula is C17H18N4O. The SMILES string of the molecule is Cc1cc(NC(=O)c2cccn2C)n(Cc2ccccc2)n1. The highest BCUT2D eigenvalue weighted by Crippen LogP contribution is 2.14. The Morgan fingerprint density at radius 3 is 2.64 bits per heavy atom. The van der Waals surface area contributed by atoms with Gasteiger partial charge < -0.3 is 9.88 Å². The van der Waals surface area contributed by atoms with Crippen LogP contribution in [0.3, 0.4) is 0 Å². The zero-order valence-electron chi connectivity index (χ0n) is 12.7. The molecule has 0 aliphatic carbocycles. The Labute approximate surface area is 129 Å². The molecule has 3 rings (SSSR count). The molecule has 0 atom stereocenters. The summed E-state index contributed by atoms with van der Waals surface area (Å²) in [5, 5.41) is 7.39. The topological polar surface area (TPSA) is 51.9 Å². The van der Waals surface area contributed by atoms with Gasteiger partial charge >= 0.3 is 0 Å². The van der Waals surface area contributed by atoms with Gasteiger partial charge in [-0.25, -0.2) is 4.68 Å². The Morgan fingerprint density at radius 2 is 1.95 bits per heavy atom. The summed E-state index contributed by atoms with van der Waals surface area (Å²) in [6.07, 6.45) is 1.85. The Hall–Kier alpha value is -2.82. The predicted octanol–water partition coefficient (Wildman–Crippen LogP) is 2.83. The fourth-order valence-electron chi connectivity index (χ4n) is 2.40. The number of hydrogen-bond donors (Lipinski definition) is 1. The molecule has 22 heavy (non-hydrogen) atoms. The molecule has 112 valence electrons. The molecule has 1 N–H and O–H groups in total. The minimum Gasteiger partial charge on any atom is -0.347 e. The van der Waals surface area contributed by atoms with E-state index in [2.05, 4.69) is 10.4 Å². The van der Waals surface area contributed by atoms with Gasteiger partial charge in [-0.1, -0.05) is 30.3 Å². The first-order chi connectivity index (χ1) is 10.6. The molecule has 2 heterocycles. The number of rotatable bonds is 4. The van der Waals surface area contributed by atoms with E-state index in [1.54, 1.807) is 10.6 Å². The van der Waals surface area contributed by atoms with Crippen molar-refractivity contribution in [3.63, 3.8) is 0 Å². The number of benzene rings is 1. The molecule has 3 aromatic rings. The quantitative estimate of drug-likeness (QED) is 0.804. The number of hydrogen-bond acceptors (Lipinski definition) is 2. The van der Waals surface area contributed by atoms with E-state index >= 15 is 0 Å². The van der Waals surface area contributed by atoms with Crippen molar-refractivity contribution >= 4 is 11.7 Å². The number of aryl methyl sites for hydroxylation is 2. The molecule has 2 aromatic heterocycles. The fourth-order valence-corrected chi connectivity index (χ4v) is 2.40. The van der Waals surface area contributed by atoms with E-state index in [-0.39, 0.29) is 5.91 Å². The average molecular weight is 294 g/mol. The van der Waals surface area contributed by atoms with Gasteiger partial charge in [0.15, 0.2) is 0 Å². The summed E-state index contributed by atoms with van der Waals surface area (Å²) in [4.78, 5) is 12.3. The van der Waals surface area contributed by atoms with Crippen LogP contribution in [0, 0.1) is 6.92 Å². The third kappa shape index (κ3) is 2.93. The summed E-state index contributed by atoms with van der Waals surface area (Å²) >= 11 is 0. The van der Waals surface area contributed by atoms with Crippen LogP contribution < -0.4 is 5.32 Å². The first-order valence-electron chi connectivity index (χ1n) is 7.14. The highest BCUT2D eigenvalue weighted by molar-refractivity contribution is 6.02.